The minimum Gasteiger partial charge on any atom is -0.479 e. The van der Waals surface area contributed by atoms with Crippen molar-refractivity contribution in [2.24, 2.45) is 0 Å². The Morgan fingerprint density at radius 2 is 1.37 bits per heavy atom. The van der Waals surface area contributed by atoms with Crippen molar-refractivity contribution in [3.63, 3.8) is 0 Å². The monoisotopic (exact) mass is 419 g/mol. The number of aromatic amines is 1. The predicted molar refractivity (Wildman–Crippen MR) is 117 cm³/mol. The number of benzene rings is 3. The second kappa shape index (κ2) is 8.65. The van der Waals surface area contributed by atoms with Crippen LogP contribution in [0.25, 0.3) is 0 Å². The molecule has 0 spiro atoms. The van der Waals surface area contributed by atoms with E-state index in [9.17, 15) is 15.0 Å². The van der Waals surface area contributed by atoms with E-state index in [1.165, 1.54) is 0 Å². The molecule has 0 saturated carbocycles. The molecule has 152 valence electrons. The summed E-state index contributed by atoms with van der Waals surface area (Å²) >= 11 is 1.57. The summed E-state index contributed by atoms with van der Waals surface area (Å²) in [5.74, 6) is -0.748. The molecule has 0 radical (unpaired) electrons. The SMILES string of the molecule is O=c1[nH]c(CSC(c2ccccc2)(c2ccccc2)c2ccc(CO)cc2)c(O)o1. The van der Waals surface area contributed by atoms with Crippen molar-refractivity contribution >= 4 is 11.8 Å². The highest BCUT2D eigenvalue weighted by molar-refractivity contribution is 7.99. The van der Waals surface area contributed by atoms with Crippen LogP contribution in [0.5, 0.6) is 5.95 Å². The molecule has 0 aliphatic rings. The zero-order chi connectivity index (χ0) is 21.0. The summed E-state index contributed by atoms with van der Waals surface area (Å²) in [7, 11) is 0. The number of nitrogens with one attached hydrogen (secondary N) is 1. The Labute approximate surface area is 178 Å². The van der Waals surface area contributed by atoms with Gasteiger partial charge >= 0.3 is 11.7 Å². The number of oxazole rings is 1. The molecule has 5 nitrogen and oxygen atoms in total. The van der Waals surface area contributed by atoms with Crippen LogP contribution in [0.15, 0.2) is 94.1 Å². The maximum atomic E-state index is 11.5. The minimum atomic E-state index is -0.680. The second-order valence-corrected chi connectivity index (χ2v) is 8.04. The maximum Gasteiger partial charge on any atom is 0.419 e. The summed E-state index contributed by atoms with van der Waals surface area (Å²) in [4.78, 5) is 14.1. The van der Waals surface area contributed by atoms with Crippen molar-refractivity contribution in [3.05, 3.63) is 123 Å². The van der Waals surface area contributed by atoms with Crippen LogP contribution in [-0.2, 0) is 17.1 Å². The van der Waals surface area contributed by atoms with Crippen molar-refractivity contribution in [1.29, 1.82) is 0 Å². The van der Waals surface area contributed by atoms with E-state index in [2.05, 4.69) is 29.2 Å². The van der Waals surface area contributed by atoms with E-state index < -0.39 is 16.4 Å². The lowest BCUT2D eigenvalue weighted by molar-refractivity contribution is 0.282. The van der Waals surface area contributed by atoms with Crippen LogP contribution >= 0.6 is 11.8 Å². The summed E-state index contributed by atoms with van der Waals surface area (Å²) in [5.41, 5.74) is 4.31. The molecule has 6 heteroatoms. The zero-order valence-corrected chi connectivity index (χ0v) is 16.9. The molecular formula is C24H21NO4S. The first kappa shape index (κ1) is 20.1. The van der Waals surface area contributed by atoms with Gasteiger partial charge in [-0.1, -0.05) is 84.9 Å². The normalized spacial score (nSPS) is 11.5. The highest BCUT2D eigenvalue weighted by atomic mass is 32.2. The summed E-state index contributed by atoms with van der Waals surface area (Å²) < 4.78 is 4.12. The molecule has 3 aromatic carbocycles. The van der Waals surface area contributed by atoms with Gasteiger partial charge in [-0.15, -0.1) is 11.8 Å². The average molecular weight is 420 g/mol. The molecule has 4 aromatic rings. The Morgan fingerprint density at radius 3 is 1.83 bits per heavy atom. The van der Waals surface area contributed by atoms with E-state index in [-0.39, 0.29) is 6.61 Å². The number of hydrogen-bond donors (Lipinski definition) is 3. The molecule has 0 aliphatic carbocycles. The van der Waals surface area contributed by atoms with Gasteiger partial charge in [-0.25, -0.2) is 4.79 Å². The zero-order valence-electron chi connectivity index (χ0n) is 16.1. The lowest BCUT2D eigenvalue weighted by atomic mass is 9.83. The van der Waals surface area contributed by atoms with Crippen LogP contribution < -0.4 is 5.76 Å². The van der Waals surface area contributed by atoms with Gasteiger partial charge in [0.2, 0.25) is 0 Å². The molecule has 0 fully saturated rings. The quantitative estimate of drug-likeness (QED) is 0.387. The number of thioether (sulfide) groups is 1. The summed E-state index contributed by atoms with van der Waals surface area (Å²) in [6.45, 7) is -0.0266. The molecule has 1 aromatic heterocycles. The molecule has 0 unspecified atom stereocenters. The van der Waals surface area contributed by atoms with Gasteiger partial charge in [0.15, 0.2) is 0 Å². The molecule has 0 aliphatic heterocycles. The summed E-state index contributed by atoms with van der Waals surface area (Å²) in [5, 5.41) is 19.4. The Kier molecular flexibility index (Phi) is 5.79. The first-order valence-electron chi connectivity index (χ1n) is 9.49. The number of H-pyrrole nitrogens is 1. The Bertz CT molecular complexity index is 1110. The second-order valence-electron chi connectivity index (χ2n) is 6.86. The van der Waals surface area contributed by atoms with Gasteiger partial charge in [0.25, 0.3) is 0 Å². The largest absolute Gasteiger partial charge is 0.479 e. The topological polar surface area (TPSA) is 86.5 Å². The Morgan fingerprint density at radius 1 is 0.833 bits per heavy atom. The third-order valence-corrected chi connectivity index (χ3v) is 6.61. The smallest absolute Gasteiger partial charge is 0.419 e. The number of aromatic hydroxyl groups is 1. The predicted octanol–water partition coefficient (Wildman–Crippen LogP) is 4.39. The highest BCUT2D eigenvalue weighted by Crippen LogP contribution is 2.49. The summed E-state index contributed by atoms with van der Waals surface area (Å²) in [6, 6.07) is 28.0. The van der Waals surface area contributed by atoms with Crippen LogP contribution in [0.4, 0.5) is 0 Å². The van der Waals surface area contributed by atoms with E-state index in [4.69, 9.17) is 4.42 Å². The lowest BCUT2D eigenvalue weighted by Crippen LogP contribution is -2.26. The van der Waals surface area contributed by atoms with Crippen molar-refractivity contribution in [2.75, 3.05) is 0 Å². The van der Waals surface area contributed by atoms with Gasteiger partial charge < -0.3 is 14.6 Å². The van der Waals surface area contributed by atoms with Crippen LogP contribution in [0.1, 0.15) is 27.9 Å². The van der Waals surface area contributed by atoms with Crippen molar-refractivity contribution < 1.29 is 14.6 Å². The number of aromatic nitrogens is 1. The number of aliphatic hydroxyl groups excluding tert-OH is 1. The van der Waals surface area contributed by atoms with E-state index in [1.807, 2.05) is 60.7 Å². The lowest BCUT2D eigenvalue weighted by Gasteiger charge is -2.35. The van der Waals surface area contributed by atoms with Gasteiger partial charge in [-0.3, -0.25) is 4.98 Å². The first-order chi connectivity index (χ1) is 14.6. The highest BCUT2D eigenvalue weighted by Gasteiger charge is 2.37. The van der Waals surface area contributed by atoms with Crippen LogP contribution in [0.2, 0.25) is 0 Å². The molecule has 1 heterocycles. The molecule has 3 N–H and O–H groups in total. The fourth-order valence-corrected chi connectivity index (χ4v) is 5.04. The van der Waals surface area contributed by atoms with E-state index >= 15 is 0 Å². The van der Waals surface area contributed by atoms with Crippen LogP contribution in [-0.4, -0.2) is 15.2 Å². The number of hydrogen-bond acceptors (Lipinski definition) is 5. The molecule has 4 rings (SSSR count). The van der Waals surface area contributed by atoms with E-state index in [0.29, 0.717) is 11.4 Å². The van der Waals surface area contributed by atoms with Gasteiger partial charge in [0.1, 0.15) is 5.69 Å². The van der Waals surface area contributed by atoms with E-state index in [1.54, 1.807) is 11.8 Å². The van der Waals surface area contributed by atoms with Gasteiger partial charge in [0.05, 0.1) is 11.4 Å². The minimum absolute atomic E-state index is 0.0266. The molecular weight excluding hydrogens is 398 g/mol. The number of rotatable bonds is 7. The van der Waals surface area contributed by atoms with Gasteiger partial charge in [-0.2, -0.15) is 0 Å². The molecule has 0 saturated heterocycles. The number of aliphatic hydroxyl groups is 1. The third kappa shape index (κ3) is 3.79. The molecule has 0 atom stereocenters. The fraction of sp³-hybridized carbons (Fsp3) is 0.125. The average Bonchev–Trinajstić information content (AvgIpc) is 3.13. The third-order valence-electron chi connectivity index (χ3n) is 5.04. The van der Waals surface area contributed by atoms with Crippen molar-refractivity contribution in [2.45, 2.75) is 17.1 Å². The summed E-state index contributed by atoms with van der Waals surface area (Å²) in [6.07, 6.45) is 0. The van der Waals surface area contributed by atoms with Gasteiger partial charge in [-0.05, 0) is 22.3 Å². The first-order valence-corrected chi connectivity index (χ1v) is 10.5. The Balaban J connectivity index is 1.90. The molecule has 0 amide bonds. The van der Waals surface area contributed by atoms with Crippen LogP contribution in [0.3, 0.4) is 0 Å². The molecule has 0 bridgehead atoms. The standard InChI is InChI=1S/C24H21NO4S/c26-15-17-11-13-20(14-12-17)24(18-7-3-1-4-8-18,19-9-5-2-6-10-19)30-16-21-22(27)29-23(28)25-21/h1-14,26-27H,15-16H2,(H,25,28). The van der Waals surface area contributed by atoms with Crippen molar-refractivity contribution in [3.8, 4) is 5.95 Å². The van der Waals surface area contributed by atoms with Gasteiger partial charge in [0, 0.05) is 5.75 Å². The van der Waals surface area contributed by atoms with Crippen molar-refractivity contribution in [1.82, 2.24) is 4.98 Å². The van der Waals surface area contributed by atoms with Crippen LogP contribution in [0, 0.1) is 0 Å². The van der Waals surface area contributed by atoms with E-state index in [0.717, 1.165) is 22.3 Å². The molecule has 30 heavy (non-hydrogen) atoms. The maximum absolute atomic E-state index is 11.5. The Hall–Kier alpha value is -3.22. The fourth-order valence-electron chi connectivity index (χ4n) is 3.57.